The lowest BCUT2D eigenvalue weighted by Crippen LogP contribution is -2.11. The van der Waals surface area contributed by atoms with E-state index in [1.54, 1.807) is 0 Å². The van der Waals surface area contributed by atoms with E-state index in [4.69, 9.17) is 4.42 Å². The van der Waals surface area contributed by atoms with Gasteiger partial charge >= 0.3 is 0 Å². The molecule has 0 radical (unpaired) electrons. The summed E-state index contributed by atoms with van der Waals surface area (Å²) in [5.41, 5.74) is 12.1. The maximum Gasteiger partial charge on any atom is 0.143 e. The zero-order valence-corrected chi connectivity index (χ0v) is 35.0. The van der Waals surface area contributed by atoms with Crippen molar-refractivity contribution in [1.82, 2.24) is 0 Å². The Bertz CT molecular complexity index is 3710. The Morgan fingerprint density at radius 1 is 0.339 bits per heavy atom. The molecule has 0 saturated carbocycles. The van der Waals surface area contributed by atoms with Crippen LogP contribution in [0.5, 0.6) is 0 Å². The van der Waals surface area contributed by atoms with Crippen LogP contribution >= 0.6 is 22.7 Å². The van der Waals surface area contributed by atoms with Crippen LogP contribution in [0.15, 0.2) is 217 Å². The van der Waals surface area contributed by atoms with Crippen molar-refractivity contribution >= 4 is 113 Å². The minimum atomic E-state index is 0.892. The average molecular weight is 826 g/mol. The summed E-state index contributed by atoms with van der Waals surface area (Å²) >= 11 is 3.74. The highest BCUT2D eigenvalue weighted by molar-refractivity contribution is 7.26. The molecule has 2 nitrogen and oxygen atoms in total. The van der Waals surface area contributed by atoms with E-state index < -0.39 is 0 Å². The lowest BCUT2D eigenvalue weighted by atomic mass is 9.98. The van der Waals surface area contributed by atoms with Crippen LogP contribution in [-0.4, -0.2) is 0 Å². The molecule has 4 heteroatoms. The molecule has 0 aliphatic rings. The lowest BCUT2D eigenvalue weighted by Gasteiger charge is -2.28. The minimum absolute atomic E-state index is 0.892. The quantitative estimate of drug-likeness (QED) is 0.166. The van der Waals surface area contributed by atoms with Crippen LogP contribution in [0, 0.1) is 0 Å². The first-order valence-electron chi connectivity index (χ1n) is 21.0. The number of anilines is 3. The second kappa shape index (κ2) is 14.0. The number of nitrogens with zero attached hydrogens (tertiary/aromatic N) is 1. The van der Waals surface area contributed by atoms with Gasteiger partial charge in [0.15, 0.2) is 0 Å². The minimum Gasteiger partial charge on any atom is -0.455 e. The normalized spacial score (nSPS) is 11.9. The van der Waals surface area contributed by atoms with Gasteiger partial charge in [-0.25, -0.2) is 0 Å². The molecule has 0 atom stereocenters. The van der Waals surface area contributed by atoms with Crippen molar-refractivity contribution in [2.75, 3.05) is 4.90 Å². The Hall–Kier alpha value is -7.50. The molecule has 0 N–H and O–H groups in total. The summed E-state index contributed by atoms with van der Waals surface area (Å²) in [6.45, 7) is 0. The predicted molar refractivity (Wildman–Crippen MR) is 268 cm³/mol. The first-order valence-corrected chi connectivity index (χ1v) is 22.6. The van der Waals surface area contributed by atoms with E-state index in [1.165, 1.54) is 73.4 Å². The summed E-state index contributed by atoms with van der Waals surface area (Å²) in [4.78, 5) is 2.40. The number of hydrogen-bond donors (Lipinski definition) is 0. The molecule has 290 valence electrons. The summed E-state index contributed by atoms with van der Waals surface area (Å²) in [5, 5.41) is 9.86. The van der Waals surface area contributed by atoms with E-state index in [2.05, 4.69) is 217 Å². The largest absolute Gasteiger partial charge is 0.455 e. The van der Waals surface area contributed by atoms with Crippen LogP contribution < -0.4 is 4.90 Å². The standard InChI is InChI=1S/C58H35NOS2/c1-2-13-39-35-53-51(34-38(39)12-1)48-20-11-19-47(56(48)60-53)44-14-3-6-23-52(44)59(40-30-26-36(27-31-40)42-17-9-21-49-45-15-4-7-24-54(45)61-57(42)49)41-32-28-37(29-33-41)43-18-10-22-50-46-16-5-8-25-55(46)62-58(43)50/h1-35H. The molecule has 10 aromatic carbocycles. The molecule has 62 heavy (non-hydrogen) atoms. The number of rotatable bonds is 6. The number of furan rings is 1. The molecular weight excluding hydrogens is 791 g/mol. The van der Waals surface area contributed by atoms with Gasteiger partial charge in [0.05, 0.1) is 5.69 Å². The zero-order chi connectivity index (χ0) is 40.7. The fourth-order valence-corrected chi connectivity index (χ4v) is 12.0. The molecule has 0 aliphatic heterocycles. The Kier molecular flexibility index (Phi) is 7.99. The summed E-state index contributed by atoms with van der Waals surface area (Å²) in [6.07, 6.45) is 0. The van der Waals surface area contributed by atoms with Crippen molar-refractivity contribution in [3.05, 3.63) is 212 Å². The lowest BCUT2D eigenvalue weighted by molar-refractivity contribution is 0.670. The molecule has 0 bridgehead atoms. The molecule has 3 aromatic heterocycles. The van der Waals surface area contributed by atoms with Crippen LogP contribution in [0.25, 0.3) is 106 Å². The summed E-state index contributed by atoms with van der Waals surface area (Å²) in [6, 6.07) is 77.3. The maximum absolute atomic E-state index is 6.82. The number of benzene rings is 10. The van der Waals surface area contributed by atoms with E-state index >= 15 is 0 Å². The molecule has 0 saturated heterocycles. The molecule has 0 fully saturated rings. The van der Waals surface area contributed by atoms with E-state index in [0.29, 0.717) is 0 Å². The van der Waals surface area contributed by atoms with Gasteiger partial charge < -0.3 is 9.32 Å². The Morgan fingerprint density at radius 2 is 0.806 bits per heavy atom. The molecule has 13 rings (SSSR count). The van der Waals surface area contributed by atoms with Crippen molar-refractivity contribution in [2.24, 2.45) is 0 Å². The molecular formula is C58H35NOS2. The number of para-hydroxylation sites is 2. The average Bonchev–Trinajstić information content (AvgIpc) is 4.03. The highest BCUT2D eigenvalue weighted by Gasteiger charge is 2.22. The van der Waals surface area contributed by atoms with Gasteiger partial charge in [-0.2, -0.15) is 0 Å². The fourth-order valence-electron chi connectivity index (χ4n) is 9.55. The van der Waals surface area contributed by atoms with Gasteiger partial charge in [-0.1, -0.05) is 158 Å². The van der Waals surface area contributed by atoms with Gasteiger partial charge in [-0.3, -0.25) is 0 Å². The third-order valence-electron chi connectivity index (χ3n) is 12.5. The van der Waals surface area contributed by atoms with Crippen molar-refractivity contribution in [3.8, 4) is 33.4 Å². The zero-order valence-electron chi connectivity index (χ0n) is 33.4. The second-order valence-corrected chi connectivity index (χ2v) is 18.1. The summed E-state index contributed by atoms with van der Waals surface area (Å²) < 4.78 is 12.1. The van der Waals surface area contributed by atoms with Crippen molar-refractivity contribution in [1.29, 1.82) is 0 Å². The topological polar surface area (TPSA) is 16.4 Å². The maximum atomic E-state index is 6.82. The van der Waals surface area contributed by atoms with Gasteiger partial charge in [0, 0.05) is 73.6 Å². The van der Waals surface area contributed by atoms with E-state index in [-0.39, 0.29) is 0 Å². The van der Waals surface area contributed by atoms with Crippen LogP contribution in [-0.2, 0) is 0 Å². The van der Waals surface area contributed by atoms with Gasteiger partial charge in [0.25, 0.3) is 0 Å². The molecule has 3 heterocycles. The van der Waals surface area contributed by atoms with E-state index in [1.807, 2.05) is 22.7 Å². The van der Waals surface area contributed by atoms with Crippen molar-refractivity contribution in [3.63, 3.8) is 0 Å². The van der Waals surface area contributed by atoms with E-state index in [0.717, 1.165) is 50.1 Å². The highest BCUT2D eigenvalue weighted by Crippen LogP contribution is 2.47. The van der Waals surface area contributed by atoms with Crippen molar-refractivity contribution < 1.29 is 4.42 Å². The number of fused-ring (bicyclic) bond motifs is 10. The van der Waals surface area contributed by atoms with Gasteiger partial charge in [0.1, 0.15) is 11.2 Å². The third-order valence-corrected chi connectivity index (χ3v) is 14.9. The van der Waals surface area contributed by atoms with Crippen LogP contribution in [0.3, 0.4) is 0 Å². The van der Waals surface area contributed by atoms with Crippen LogP contribution in [0.4, 0.5) is 17.1 Å². The molecule has 13 aromatic rings. The molecule has 0 spiro atoms. The number of hydrogen-bond acceptors (Lipinski definition) is 4. The fraction of sp³-hybridized carbons (Fsp3) is 0. The predicted octanol–water partition coefficient (Wildman–Crippen LogP) is 17.9. The van der Waals surface area contributed by atoms with Gasteiger partial charge in [0.2, 0.25) is 0 Å². The molecule has 0 amide bonds. The highest BCUT2D eigenvalue weighted by atomic mass is 32.1. The molecule has 0 aliphatic carbocycles. The van der Waals surface area contributed by atoms with Crippen LogP contribution in [0.2, 0.25) is 0 Å². The smallest absolute Gasteiger partial charge is 0.143 e. The third kappa shape index (κ3) is 5.54. The number of thiophene rings is 2. The summed E-state index contributed by atoms with van der Waals surface area (Å²) in [5.74, 6) is 0. The monoisotopic (exact) mass is 825 g/mol. The second-order valence-electron chi connectivity index (χ2n) is 16.0. The Labute approximate surface area is 365 Å². The summed E-state index contributed by atoms with van der Waals surface area (Å²) in [7, 11) is 0. The SMILES string of the molecule is c1ccc(N(c2ccc(-c3cccc4c3sc3ccccc34)cc2)c2ccc(-c3cccc4c3sc3ccccc34)cc2)c(-c2cccc3c2oc2cc4ccccc4cc23)c1. The van der Waals surface area contributed by atoms with E-state index in [9.17, 15) is 0 Å². The molecule has 0 unspecified atom stereocenters. The first-order chi connectivity index (χ1) is 30.7. The van der Waals surface area contributed by atoms with Crippen molar-refractivity contribution in [2.45, 2.75) is 0 Å². The first kappa shape index (κ1) is 35.3. The Balaban J connectivity index is 0.976. The van der Waals surface area contributed by atoms with Gasteiger partial charge in [-0.15, -0.1) is 22.7 Å². The van der Waals surface area contributed by atoms with Gasteiger partial charge in [-0.05, 0) is 87.6 Å². The van der Waals surface area contributed by atoms with Crippen LogP contribution in [0.1, 0.15) is 0 Å². The Morgan fingerprint density at radius 3 is 1.42 bits per heavy atom.